The highest BCUT2D eigenvalue weighted by atomic mass is 35.5. The Kier molecular flexibility index (Phi) is 7.40. The number of hydrogen-bond donors (Lipinski definition) is 2. The highest BCUT2D eigenvalue weighted by Gasteiger charge is 2.33. The summed E-state index contributed by atoms with van der Waals surface area (Å²) in [7, 11) is -2.53. The topological polar surface area (TPSA) is 88.0 Å². The third-order valence-electron chi connectivity index (χ3n) is 5.67. The highest BCUT2D eigenvalue weighted by molar-refractivity contribution is 7.70. The van der Waals surface area contributed by atoms with E-state index in [0.717, 1.165) is 0 Å². The van der Waals surface area contributed by atoms with Crippen LogP contribution in [0.5, 0.6) is 0 Å². The Balaban J connectivity index is 1.43. The Bertz CT molecular complexity index is 1220. The molecule has 1 aromatic carbocycles. The number of benzene rings is 1. The van der Waals surface area contributed by atoms with Gasteiger partial charge in [0.05, 0.1) is 36.4 Å². The van der Waals surface area contributed by atoms with Crippen molar-refractivity contribution in [1.29, 1.82) is 0 Å². The number of rotatable bonds is 7. The number of nitrogens with one attached hydrogen (secondary N) is 2. The van der Waals surface area contributed by atoms with Crippen LogP contribution in [0.25, 0.3) is 0 Å². The van der Waals surface area contributed by atoms with Crippen molar-refractivity contribution in [2.45, 2.75) is 25.1 Å². The van der Waals surface area contributed by atoms with Gasteiger partial charge in [-0.25, -0.2) is 4.98 Å². The lowest BCUT2D eigenvalue weighted by Crippen LogP contribution is -2.40. The SMILES string of the molecule is CP(C)(=O)c1ccccc1Nc1nc(Nc2cnn(C3CCN(CC(F)(F)F)CC3)c2)ncc1Cl. The fraction of sp³-hybridized carbons (Fsp3) is 0.409. The molecule has 1 fully saturated rings. The van der Waals surface area contributed by atoms with Crippen LogP contribution in [0.4, 0.5) is 36.3 Å². The van der Waals surface area contributed by atoms with Crippen molar-refractivity contribution in [1.82, 2.24) is 24.6 Å². The van der Waals surface area contributed by atoms with Crippen molar-refractivity contribution in [3.63, 3.8) is 0 Å². The van der Waals surface area contributed by atoms with Gasteiger partial charge in [-0.1, -0.05) is 23.7 Å². The Hall–Kier alpha value is -2.62. The highest BCUT2D eigenvalue weighted by Crippen LogP contribution is 2.38. The zero-order chi connectivity index (χ0) is 25.2. The molecule has 0 aliphatic carbocycles. The number of likely N-dealkylation sites (tertiary alicyclic amines) is 1. The lowest BCUT2D eigenvalue weighted by atomic mass is 10.1. The third-order valence-corrected chi connectivity index (χ3v) is 7.50. The van der Waals surface area contributed by atoms with E-state index in [2.05, 4.69) is 25.7 Å². The van der Waals surface area contributed by atoms with Gasteiger partial charge < -0.3 is 15.2 Å². The average molecular weight is 528 g/mol. The molecule has 3 aromatic rings. The van der Waals surface area contributed by atoms with Gasteiger partial charge in [0.15, 0.2) is 5.82 Å². The molecule has 2 N–H and O–H groups in total. The zero-order valence-electron chi connectivity index (χ0n) is 19.3. The van der Waals surface area contributed by atoms with E-state index in [4.69, 9.17) is 11.6 Å². The van der Waals surface area contributed by atoms with E-state index in [9.17, 15) is 17.7 Å². The number of para-hydroxylation sites is 1. The molecule has 0 bridgehead atoms. The molecular formula is C22H26ClF3N7OP. The van der Waals surface area contributed by atoms with Crippen molar-refractivity contribution in [2.75, 3.05) is 43.6 Å². The van der Waals surface area contributed by atoms with Crippen LogP contribution in [0.15, 0.2) is 42.9 Å². The van der Waals surface area contributed by atoms with Crippen LogP contribution in [0.2, 0.25) is 5.02 Å². The minimum atomic E-state index is -4.18. The summed E-state index contributed by atoms with van der Waals surface area (Å²) in [6.45, 7) is 3.24. The summed E-state index contributed by atoms with van der Waals surface area (Å²) in [6.07, 6.45) is 1.85. The maximum absolute atomic E-state index is 12.7. The summed E-state index contributed by atoms with van der Waals surface area (Å²) in [5.74, 6) is 0.639. The molecule has 35 heavy (non-hydrogen) atoms. The van der Waals surface area contributed by atoms with Crippen LogP contribution in [0, 0.1) is 0 Å². The smallest absolute Gasteiger partial charge is 0.338 e. The molecule has 0 spiro atoms. The molecule has 188 valence electrons. The van der Waals surface area contributed by atoms with E-state index >= 15 is 0 Å². The summed E-state index contributed by atoms with van der Waals surface area (Å²) < 4.78 is 52.3. The average Bonchev–Trinajstić information content (AvgIpc) is 3.23. The molecule has 0 radical (unpaired) electrons. The van der Waals surface area contributed by atoms with E-state index in [-0.39, 0.29) is 12.0 Å². The molecule has 1 saturated heterocycles. The van der Waals surface area contributed by atoms with Gasteiger partial charge in [0.25, 0.3) is 0 Å². The lowest BCUT2D eigenvalue weighted by molar-refractivity contribution is -0.148. The molecule has 0 amide bonds. The van der Waals surface area contributed by atoms with Gasteiger partial charge in [-0.15, -0.1) is 0 Å². The lowest BCUT2D eigenvalue weighted by Gasteiger charge is -2.32. The zero-order valence-corrected chi connectivity index (χ0v) is 20.9. The first-order valence-electron chi connectivity index (χ1n) is 11.0. The quantitative estimate of drug-likeness (QED) is 0.405. The largest absolute Gasteiger partial charge is 0.401 e. The van der Waals surface area contributed by atoms with E-state index in [0.29, 0.717) is 53.5 Å². The summed E-state index contributed by atoms with van der Waals surface area (Å²) in [5.41, 5.74) is 1.29. The monoisotopic (exact) mass is 527 g/mol. The molecule has 0 saturated carbocycles. The molecule has 1 aliphatic rings. The fourth-order valence-corrected chi connectivity index (χ4v) is 5.31. The Morgan fingerprint density at radius 2 is 1.86 bits per heavy atom. The molecule has 4 rings (SSSR count). The van der Waals surface area contributed by atoms with E-state index in [1.54, 1.807) is 36.5 Å². The molecule has 1 aliphatic heterocycles. The molecular weight excluding hydrogens is 502 g/mol. The van der Waals surface area contributed by atoms with Crippen LogP contribution in [0.1, 0.15) is 18.9 Å². The second kappa shape index (κ2) is 10.2. The molecule has 0 atom stereocenters. The van der Waals surface area contributed by atoms with Gasteiger partial charge in [-0.3, -0.25) is 9.58 Å². The minimum Gasteiger partial charge on any atom is -0.338 e. The van der Waals surface area contributed by atoms with Crippen molar-refractivity contribution in [3.05, 3.63) is 47.9 Å². The van der Waals surface area contributed by atoms with Gasteiger partial charge in [0, 0.05) is 24.6 Å². The fourth-order valence-electron chi connectivity index (χ4n) is 4.02. The molecule has 2 aromatic heterocycles. The minimum absolute atomic E-state index is 0.0219. The van der Waals surface area contributed by atoms with Crippen molar-refractivity contribution >= 4 is 47.2 Å². The number of piperidine rings is 1. The van der Waals surface area contributed by atoms with Crippen molar-refractivity contribution in [3.8, 4) is 0 Å². The predicted molar refractivity (Wildman–Crippen MR) is 132 cm³/mol. The van der Waals surface area contributed by atoms with E-state index in [1.165, 1.54) is 11.1 Å². The van der Waals surface area contributed by atoms with Gasteiger partial charge in [-0.05, 0) is 38.3 Å². The number of nitrogens with zero attached hydrogens (tertiary/aromatic N) is 5. The van der Waals surface area contributed by atoms with Gasteiger partial charge >= 0.3 is 6.18 Å². The van der Waals surface area contributed by atoms with Crippen LogP contribution in [-0.2, 0) is 4.57 Å². The number of hydrogen-bond acceptors (Lipinski definition) is 7. The second-order valence-corrected chi connectivity index (χ2v) is 12.4. The Labute approximate surface area is 206 Å². The standard InChI is InChI=1S/C22H26ClF3N7OP/c1-35(2,34)19-6-4-3-5-18(19)30-20-17(23)12-27-21(31-20)29-15-11-28-33(13-15)16-7-9-32(10-8-16)14-22(24,25)26/h3-6,11-13,16H,7-10,14H2,1-2H3,(H2,27,29,30,31). The number of aromatic nitrogens is 4. The Morgan fingerprint density at radius 1 is 1.14 bits per heavy atom. The van der Waals surface area contributed by atoms with E-state index in [1.807, 2.05) is 18.2 Å². The predicted octanol–water partition coefficient (Wildman–Crippen LogP) is 5.26. The molecule has 13 heteroatoms. The van der Waals surface area contributed by atoms with Crippen LogP contribution < -0.4 is 15.9 Å². The van der Waals surface area contributed by atoms with Crippen LogP contribution in [0.3, 0.4) is 0 Å². The third kappa shape index (κ3) is 6.74. The summed E-state index contributed by atoms with van der Waals surface area (Å²) >= 11 is 6.30. The van der Waals surface area contributed by atoms with Gasteiger partial charge in [-0.2, -0.15) is 23.3 Å². The maximum Gasteiger partial charge on any atom is 0.401 e. The molecule has 8 nitrogen and oxygen atoms in total. The number of alkyl halides is 3. The Morgan fingerprint density at radius 3 is 2.54 bits per heavy atom. The first-order valence-corrected chi connectivity index (χ1v) is 14.0. The summed E-state index contributed by atoms with van der Waals surface area (Å²) in [4.78, 5) is 10.1. The maximum atomic E-state index is 12.7. The number of halogens is 4. The van der Waals surface area contributed by atoms with Crippen molar-refractivity contribution < 1.29 is 17.7 Å². The first-order chi connectivity index (χ1) is 16.5. The van der Waals surface area contributed by atoms with E-state index < -0.39 is 19.9 Å². The van der Waals surface area contributed by atoms with Gasteiger partial charge in [0.2, 0.25) is 5.95 Å². The number of anilines is 4. The van der Waals surface area contributed by atoms with Gasteiger partial charge in [0.1, 0.15) is 12.2 Å². The van der Waals surface area contributed by atoms with Crippen LogP contribution >= 0.6 is 18.7 Å². The summed E-state index contributed by atoms with van der Waals surface area (Å²) in [6, 6.07) is 7.29. The van der Waals surface area contributed by atoms with Crippen LogP contribution in [-0.4, -0.2) is 63.8 Å². The molecule has 3 heterocycles. The molecule has 0 unspecified atom stereocenters. The second-order valence-electron chi connectivity index (χ2n) is 8.84. The summed E-state index contributed by atoms with van der Waals surface area (Å²) in [5, 5.41) is 11.6. The first kappa shape index (κ1) is 25.5. The van der Waals surface area contributed by atoms with Crippen molar-refractivity contribution in [2.24, 2.45) is 0 Å². The normalized spacial score (nSPS) is 15.8.